The van der Waals surface area contributed by atoms with Crippen LogP contribution in [0.1, 0.15) is 46.2 Å². The third-order valence-corrected chi connectivity index (χ3v) is 2.64. The van der Waals surface area contributed by atoms with E-state index < -0.39 is 0 Å². The molecule has 0 amide bonds. The second-order valence-corrected chi connectivity index (χ2v) is 5.90. The number of ether oxygens (including phenoxy) is 2. The molecule has 3 heteroatoms. The van der Waals surface area contributed by atoms with E-state index in [1.165, 1.54) is 0 Å². The molecule has 0 aliphatic carbocycles. The van der Waals surface area contributed by atoms with E-state index in [1.807, 2.05) is 25.1 Å². The summed E-state index contributed by atoms with van der Waals surface area (Å²) in [7, 11) is 0. The second kappa shape index (κ2) is 7.39. The van der Waals surface area contributed by atoms with Crippen LogP contribution >= 0.6 is 0 Å². The first-order valence-corrected chi connectivity index (χ1v) is 7.05. The molecule has 0 aromatic heterocycles. The molecule has 108 valence electrons. The van der Waals surface area contributed by atoms with Crippen LogP contribution in [-0.2, 0) is 0 Å². The minimum Gasteiger partial charge on any atom is -0.489 e. The highest BCUT2D eigenvalue weighted by Crippen LogP contribution is 2.30. The van der Waals surface area contributed by atoms with Gasteiger partial charge in [-0.25, -0.2) is 0 Å². The Morgan fingerprint density at radius 2 is 1.42 bits per heavy atom. The van der Waals surface area contributed by atoms with Gasteiger partial charge in [-0.2, -0.15) is 0 Å². The first-order chi connectivity index (χ1) is 8.90. The van der Waals surface area contributed by atoms with Crippen molar-refractivity contribution in [3.63, 3.8) is 0 Å². The van der Waals surface area contributed by atoms with Crippen molar-refractivity contribution in [3.8, 4) is 11.5 Å². The molecule has 1 rings (SSSR count). The summed E-state index contributed by atoms with van der Waals surface area (Å²) in [5.41, 5.74) is 6.98. The molecule has 0 aliphatic rings. The van der Waals surface area contributed by atoms with Crippen molar-refractivity contribution >= 4 is 0 Å². The van der Waals surface area contributed by atoms with Gasteiger partial charge in [-0.1, -0.05) is 33.8 Å². The van der Waals surface area contributed by atoms with Crippen LogP contribution in [0.3, 0.4) is 0 Å². The normalized spacial score (nSPS) is 12.8. The van der Waals surface area contributed by atoms with Crippen molar-refractivity contribution in [1.29, 1.82) is 0 Å². The van der Waals surface area contributed by atoms with Crippen LogP contribution in [0.5, 0.6) is 11.5 Å². The third kappa shape index (κ3) is 5.52. The number of hydrogen-bond donors (Lipinski definition) is 1. The molecule has 0 saturated heterocycles. The fraction of sp³-hybridized carbons (Fsp3) is 0.625. The first-order valence-electron chi connectivity index (χ1n) is 7.05. The summed E-state index contributed by atoms with van der Waals surface area (Å²) in [5.74, 6) is 2.57. The molecule has 0 fully saturated rings. The van der Waals surface area contributed by atoms with Crippen LogP contribution in [0.15, 0.2) is 18.2 Å². The van der Waals surface area contributed by atoms with Gasteiger partial charge in [0.15, 0.2) is 11.5 Å². The van der Waals surface area contributed by atoms with Gasteiger partial charge >= 0.3 is 0 Å². The standard InChI is InChI=1S/C16H27NO2/c1-11(2)9-18-15-7-6-14(13(5)17)8-16(15)19-10-12(3)4/h6-8,11-13H,9-10,17H2,1-5H3. The van der Waals surface area contributed by atoms with Gasteiger partial charge in [-0.3, -0.25) is 0 Å². The minimum absolute atomic E-state index is 0.000508. The van der Waals surface area contributed by atoms with E-state index in [4.69, 9.17) is 15.2 Å². The lowest BCUT2D eigenvalue weighted by atomic mass is 10.1. The molecule has 2 N–H and O–H groups in total. The summed E-state index contributed by atoms with van der Waals surface area (Å²) in [6.45, 7) is 11.9. The summed E-state index contributed by atoms with van der Waals surface area (Å²) in [4.78, 5) is 0. The maximum Gasteiger partial charge on any atom is 0.161 e. The molecular weight excluding hydrogens is 238 g/mol. The summed E-state index contributed by atoms with van der Waals surface area (Å²) in [6, 6.07) is 5.95. The average molecular weight is 265 g/mol. The molecule has 1 atom stereocenters. The Balaban J connectivity index is 2.87. The molecule has 0 aliphatic heterocycles. The summed E-state index contributed by atoms with van der Waals surface area (Å²) in [6.07, 6.45) is 0. The molecule has 0 bridgehead atoms. The van der Waals surface area contributed by atoms with Gasteiger partial charge in [-0.05, 0) is 36.5 Å². The SMILES string of the molecule is CC(C)COc1ccc(C(C)N)cc1OCC(C)C. The zero-order valence-corrected chi connectivity index (χ0v) is 12.8. The van der Waals surface area contributed by atoms with Gasteiger partial charge in [0.2, 0.25) is 0 Å². The third-order valence-electron chi connectivity index (χ3n) is 2.64. The van der Waals surface area contributed by atoms with Gasteiger partial charge in [0.1, 0.15) is 0 Å². The minimum atomic E-state index is 0.000508. The fourth-order valence-electron chi connectivity index (χ4n) is 1.55. The van der Waals surface area contributed by atoms with Crippen LogP contribution in [0.25, 0.3) is 0 Å². The fourth-order valence-corrected chi connectivity index (χ4v) is 1.55. The maximum absolute atomic E-state index is 5.91. The largest absolute Gasteiger partial charge is 0.489 e. The Kier molecular flexibility index (Phi) is 6.16. The van der Waals surface area contributed by atoms with Gasteiger partial charge < -0.3 is 15.2 Å². The molecule has 0 saturated carbocycles. The zero-order chi connectivity index (χ0) is 14.4. The highest BCUT2D eigenvalue weighted by atomic mass is 16.5. The van der Waals surface area contributed by atoms with Crippen LogP contribution in [0.4, 0.5) is 0 Å². The van der Waals surface area contributed by atoms with Crippen molar-refractivity contribution in [2.45, 2.75) is 40.7 Å². The number of benzene rings is 1. The van der Waals surface area contributed by atoms with E-state index in [9.17, 15) is 0 Å². The van der Waals surface area contributed by atoms with Crippen molar-refractivity contribution < 1.29 is 9.47 Å². The number of hydrogen-bond acceptors (Lipinski definition) is 3. The lowest BCUT2D eigenvalue weighted by Gasteiger charge is -2.17. The lowest BCUT2D eigenvalue weighted by molar-refractivity contribution is 0.229. The van der Waals surface area contributed by atoms with Crippen LogP contribution in [0, 0.1) is 11.8 Å². The van der Waals surface area contributed by atoms with Gasteiger partial charge in [-0.15, -0.1) is 0 Å². The molecule has 3 nitrogen and oxygen atoms in total. The topological polar surface area (TPSA) is 44.5 Å². The van der Waals surface area contributed by atoms with Crippen LogP contribution in [-0.4, -0.2) is 13.2 Å². The predicted octanol–water partition coefficient (Wildman–Crippen LogP) is 3.78. The Morgan fingerprint density at radius 1 is 0.895 bits per heavy atom. The Morgan fingerprint density at radius 3 is 1.89 bits per heavy atom. The van der Waals surface area contributed by atoms with E-state index in [1.54, 1.807) is 0 Å². The predicted molar refractivity (Wildman–Crippen MR) is 79.7 cm³/mol. The summed E-state index contributed by atoms with van der Waals surface area (Å²) < 4.78 is 11.6. The van der Waals surface area contributed by atoms with E-state index >= 15 is 0 Å². The molecule has 1 unspecified atom stereocenters. The number of nitrogens with two attached hydrogens (primary N) is 1. The van der Waals surface area contributed by atoms with Crippen molar-refractivity contribution in [2.24, 2.45) is 17.6 Å². The van der Waals surface area contributed by atoms with Crippen LogP contribution in [0.2, 0.25) is 0 Å². The van der Waals surface area contributed by atoms with Gasteiger partial charge in [0.25, 0.3) is 0 Å². The number of rotatable bonds is 7. The summed E-state index contributed by atoms with van der Waals surface area (Å²) >= 11 is 0. The first kappa shape index (κ1) is 15.8. The Labute approximate surface area is 117 Å². The van der Waals surface area contributed by atoms with Crippen LogP contribution < -0.4 is 15.2 Å². The molecule has 0 spiro atoms. The Bertz CT molecular complexity index is 386. The molecular formula is C16H27NO2. The Hall–Kier alpha value is -1.22. The van der Waals surface area contributed by atoms with Gasteiger partial charge in [0, 0.05) is 6.04 Å². The second-order valence-electron chi connectivity index (χ2n) is 5.90. The molecule has 19 heavy (non-hydrogen) atoms. The van der Waals surface area contributed by atoms with Crippen molar-refractivity contribution in [1.82, 2.24) is 0 Å². The highest BCUT2D eigenvalue weighted by Gasteiger charge is 2.10. The lowest BCUT2D eigenvalue weighted by Crippen LogP contribution is -2.10. The van der Waals surface area contributed by atoms with Crippen molar-refractivity contribution in [2.75, 3.05) is 13.2 Å². The molecule has 0 heterocycles. The average Bonchev–Trinajstić information content (AvgIpc) is 2.33. The quantitative estimate of drug-likeness (QED) is 0.816. The van der Waals surface area contributed by atoms with E-state index in [-0.39, 0.29) is 6.04 Å². The van der Waals surface area contributed by atoms with E-state index in [0.29, 0.717) is 25.0 Å². The molecule has 1 aromatic rings. The monoisotopic (exact) mass is 265 g/mol. The summed E-state index contributed by atoms with van der Waals surface area (Å²) in [5, 5.41) is 0. The molecule has 1 aromatic carbocycles. The van der Waals surface area contributed by atoms with E-state index in [2.05, 4.69) is 27.7 Å². The van der Waals surface area contributed by atoms with Gasteiger partial charge in [0.05, 0.1) is 13.2 Å². The zero-order valence-electron chi connectivity index (χ0n) is 12.8. The maximum atomic E-state index is 5.91. The van der Waals surface area contributed by atoms with E-state index in [0.717, 1.165) is 17.1 Å². The van der Waals surface area contributed by atoms with Crippen molar-refractivity contribution in [3.05, 3.63) is 23.8 Å². The smallest absolute Gasteiger partial charge is 0.161 e. The molecule has 0 radical (unpaired) electrons. The highest BCUT2D eigenvalue weighted by molar-refractivity contribution is 5.43.